The van der Waals surface area contributed by atoms with E-state index < -0.39 is 0 Å². The van der Waals surface area contributed by atoms with Crippen molar-refractivity contribution in [3.8, 4) is 5.75 Å². The monoisotopic (exact) mass is 293 g/mol. The van der Waals surface area contributed by atoms with E-state index in [0.29, 0.717) is 18.9 Å². The summed E-state index contributed by atoms with van der Waals surface area (Å²) in [4.78, 5) is 14.0. The number of carbonyl (C=O) groups excluding carboxylic acids is 1. The van der Waals surface area contributed by atoms with Crippen LogP contribution in [0.4, 0.5) is 0 Å². The first-order valence-corrected chi connectivity index (χ1v) is 7.23. The molecular weight excluding hydrogens is 270 g/mol. The molecule has 1 aromatic rings. The van der Waals surface area contributed by atoms with Crippen LogP contribution in [0, 0.1) is 13.8 Å². The van der Waals surface area contributed by atoms with E-state index in [1.807, 2.05) is 39.0 Å². The van der Waals surface area contributed by atoms with E-state index in [9.17, 15) is 4.79 Å². The van der Waals surface area contributed by atoms with Gasteiger partial charge in [-0.3, -0.25) is 4.79 Å². The molecule has 5 nitrogen and oxygen atoms in total. The van der Waals surface area contributed by atoms with E-state index in [-0.39, 0.29) is 31.3 Å². The van der Waals surface area contributed by atoms with Crippen LogP contribution in [-0.2, 0) is 9.53 Å². The van der Waals surface area contributed by atoms with Crippen LogP contribution in [0.15, 0.2) is 18.2 Å². The molecule has 0 bridgehead atoms. The summed E-state index contributed by atoms with van der Waals surface area (Å²) in [6, 6.07) is 5.79. The van der Waals surface area contributed by atoms with Crippen LogP contribution in [0.3, 0.4) is 0 Å². The number of nitrogens with zero attached hydrogens (tertiary/aromatic N) is 1. The average Bonchev–Trinajstić information content (AvgIpc) is 2.48. The van der Waals surface area contributed by atoms with Gasteiger partial charge in [-0.1, -0.05) is 6.07 Å². The third-order valence-corrected chi connectivity index (χ3v) is 3.87. The van der Waals surface area contributed by atoms with Crippen molar-refractivity contribution in [3.63, 3.8) is 0 Å². The SMILES string of the molecule is Cc1ccc(OCC(=O)N2CC(CO)OCC2C)cc1C. The van der Waals surface area contributed by atoms with Gasteiger partial charge >= 0.3 is 0 Å². The number of morpholine rings is 1. The highest BCUT2D eigenvalue weighted by atomic mass is 16.5. The minimum atomic E-state index is -0.299. The number of benzene rings is 1. The summed E-state index contributed by atoms with van der Waals surface area (Å²) in [6.07, 6.45) is -0.299. The number of aliphatic hydroxyl groups is 1. The number of ether oxygens (including phenoxy) is 2. The van der Waals surface area contributed by atoms with E-state index in [2.05, 4.69) is 0 Å². The van der Waals surface area contributed by atoms with E-state index in [1.165, 1.54) is 5.56 Å². The van der Waals surface area contributed by atoms with Gasteiger partial charge in [-0.2, -0.15) is 0 Å². The molecule has 0 spiro atoms. The van der Waals surface area contributed by atoms with Crippen molar-refractivity contribution in [1.82, 2.24) is 4.90 Å². The largest absolute Gasteiger partial charge is 0.484 e. The lowest BCUT2D eigenvalue weighted by atomic mass is 10.1. The van der Waals surface area contributed by atoms with Crippen molar-refractivity contribution in [1.29, 1.82) is 0 Å². The summed E-state index contributed by atoms with van der Waals surface area (Å²) in [5, 5.41) is 9.15. The second-order valence-corrected chi connectivity index (χ2v) is 5.57. The number of amides is 1. The molecule has 2 atom stereocenters. The summed E-state index contributed by atoms with van der Waals surface area (Å²) in [5.41, 5.74) is 2.33. The van der Waals surface area contributed by atoms with Gasteiger partial charge in [-0.15, -0.1) is 0 Å². The summed E-state index contributed by atoms with van der Waals surface area (Å²) in [7, 11) is 0. The third kappa shape index (κ3) is 3.95. The Bertz CT molecular complexity index is 503. The molecule has 1 amide bonds. The highest BCUT2D eigenvalue weighted by Gasteiger charge is 2.29. The van der Waals surface area contributed by atoms with Gasteiger partial charge in [0.15, 0.2) is 6.61 Å². The zero-order valence-corrected chi connectivity index (χ0v) is 12.8. The molecule has 1 aromatic carbocycles. The first-order chi connectivity index (χ1) is 10.0. The van der Waals surface area contributed by atoms with E-state index in [1.54, 1.807) is 4.90 Å². The Hall–Kier alpha value is -1.59. The standard InChI is InChI=1S/C16H23NO4/c1-11-4-5-14(6-12(11)2)21-10-16(19)17-7-15(8-18)20-9-13(17)3/h4-6,13,15,18H,7-10H2,1-3H3. The fourth-order valence-electron chi connectivity index (χ4n) is 2.31. The normalized spacial score (nSPS) is 22.2. The molecule has 1 heterocycles. The van der Waals surface area contributed by atoms with Gasteiger partial charge in [0.05, 0.1) is 25.4 Å². The summed E-state index contributed by atoms with van der Waals surface area (Å²) in [5.74, 6) is 0.619. The van der Waals surface area contributed by atoms with Crippen LogP contribution in [0.2, 0.25) is 0 Å². The Morgan fingerprint density at radius 3 is 2.86 bits per heavy atom. The molecule has 2 unspecified atom stereocenters. The second-order valence-electron chi connectivity index (χ2n) is 5.57. The number of hydrogen-bond acceptors (Lipinski definition) is 4. The van der Waals surface area contributed by atoms with Gasteiger partial charge in [-0.25, -0.2) is 0 Å². The molecule has 21 heavy (non-hydrogen) atoms. The molecule has 0 saturated carbocycles. The lowest BCUT2D eigenvalue weighted by Gasteiger charge is -2.37. The van der Waals surface area contributed by atoms with Crippen LogP contribution in [0.5, 0.6) is 5.75 Å². The maximum absolute atomic E-state index is 12.3. The van der Waals surface area contributed by atoms with Crippen molar-refractivity contribution in [3.05, 3.63) is 29.3 Å². The van der Waals surface area contributed by atoms with Crippen LogP contribution in [0.1, 0.15) is 18.1 Å². The van der Waals surface area contributed by atoms with Gasteiger partial charge < -0.3 is 19.5 Å². The molecular formula is C16H23NO4. The zero-order valence-electron chi connectivity index (χ0n) is 12.8. The lowest BCUT2D eigenvalue weighted by Crippen LogP contribution is -2.53. The molecule has 0 radical (unpaired) electrons. The predicted molar refractivity (Wildman–Crippen MR) is 79.4 cm³/mol. The minimum absolute atomic E-state index is 0.00338. The van der Waals surface area contributed by atoms with Crippen LogP contribution in [-0.4, -0.2) is 54.4 Å². The molecule has 5 heteroatoms. The first kappa shape index (κ1) is 15.8. The third-order valence-electron chi connectivity index (χ3n) is 3.87. The predicted octanol–water partition coefficient (Wildman–Crippen LogP) is 1.29. The smallest absolute Gasteiger partial charge is 0.260 e. The molecule has 0 aromatic heterocycles. The second kappa shape index (κ2) is 6.91. The molecule has 1 aliphatic heterocycles. The number of aryl methyl sites for hydroxylation is 2. The molecule has 116 valence electrons. The van der Waals surface area contributed by atoms with Gasteiger partial charge in [0.2, 0.25) is 0 Å². The molecule has 1 fully saturated rings. The molecule has 1 aliphatic rings. The molecule has 0 aliphatic carbocycles. The number of rotatable bonds is 4. The highest BCUT2D eigenvalue weighted by Crippen LogP contribution is 2.17. The number of carbonyl (C=O) groups is 1. The Kier molecular flexibility index (Phi) is 5.20. The Balaban J connectivity index is 1.92. The van der Waals surface area contributed by atoms with Crippen molar-refractivity contribution in [2.75, 3.05) is 26.4 Å². The van der Waals surface area contributed by atoms with Crippen LogP contribution in [0.25, 0.3) is 0 Å². The number of hydrogen-bond donors (Lipinski definition) is 1. The maximum Gasteiger partial charge on any atom is 0.260 e. The van der Waals surface area contributed by atoms with Crippen LogP contribution >= 0.6 is 0 Å². The minimum Gasteiger partial charge on any atom is -0.484 e. The van der Waals surface area contributed by atoms with Crippen molar-refractivity contribution >= 4 is 5.91 Å². The zero-order chi connectivity index (χ0) is 15.4. The maximum atomic E-state index is 12.3. The molecule has 1 N–H and O–H groups in total. The van der Waals surface area contributed by atoms with Gasteiger partial charge in [0.25, 0.3) is 5.91 Å². The van der Waals surface area contributed by atoms with Gasteiger partial charge in [0.1, 0.15) is 5.75 Å². The van der Waals surface area contributed by atoms with Crippen molar-refractivity contribution < 1.29 is 19.4 Å². The fourth-order valence-corrected chi connectivity index (χ4v) is 2.31. The topological polar surface area (TPSA) is 59.0 Å². The quantitative estimate of drug-likeness (QED) is 0.909. The summed E-state index contributed by atoms with van der Waals surface area (Å²) < 4.78 is 11.0. The molecule has 2 rings (SSSR count). The number of aliphatic hydroxyl groups excluding tert-OH is 1. The van der Waals surface area contributed by atoms with Crippen molar-refractivity contribution in [2.24, 2.45) is 0 Å². The first-order valence-electron chi connectivity index (χ1n) is 7.23. The van der Waals surface area contributed by atoms with E-state index >= 15 is 0 Å². The van der Waals surface area contributed by atoms with Gasteiger partial charge in [-0.05, 0) is 44.0 Å². The summed E-state index contributed by atoms with van der Waals surface area (Å²) in [6.45, 7) is 6.77. The summed E-state index contributed by atoms with van der Waals surface area (Å²) >= 11 is 0. The van der Waals surface area contributed by atoms with E-state index in [4.69, 9.17) is 14.6 Å². The Morgan fingerprint density at radius 1 is 1.43 bits per heavy atom. The molecule has 1 saturated heterocycles. The van der Waals surface area contributed by atoms with Crippen LogP contribution < -0.4 is 4.74 Å². The lowest BCUT2D eigenvalue weighted by molar-refractivity contribution is -0.148. The Labute approximate surface area is 125 Å². The highest BCUT2D eigenvalue weighted by molar-refractivity contribution is 5.78. The van der Waals surface area contributed by atoms with Gasteiger partial charge in [0, 0.05) is 6.54 Å². The average molecular weight is 293 g/mol. The van der Waals surface area contributed by atoms with E-state index in [0.717, 1.165) is 5.56 Å². The Morgan fingerprint density at radius 2 is 2.19 bits per heavy atom. The fraction of sp³-hybridized carbons (Fsp3) is 0.562. The van der Waals surface area contributed by atoms with Crippen molar-refractivity contribution in [2.45, 2.75) is 32.9 Å².